The van der Waals surface area contributed by atoms with E-state index in [-0.39, 0.29) is 0 Å². The van der Waals surface area contributed by atoms with Crippen molar-refractivity contribution in [3.05, 3.63) is 24.3 Å². The second-order valence-corrected chi connectivity index (χ2v) is 4.66. The molecule has 3 rings (SSSR count). The van der Waals surface area contributed by atoms with Crippen molar-refractivity contribution in [2.45, 2.75) is 24.9 Å². The SMILES string of the molecule is COC(=O)C1(F)C23C=CC=CC21CCC3. The Morgan fingerprint density at radius 3 is 2.27 bits per heavy atom. The molecule has 2 unspecified atom stereocenters. The van der Waals surface area contributed by atoms with Gasteiger partial charge in [-0.05, 0) is 12.8 Å². The number of rotatable bonds is 1. The molecule has 0 bridgehead atoms. The van der Waals surface area contributed by atoms with Crippen LogP contribution < -0.4 is 0 Å². The van der Waals surface area contributed by atoms with Gasteiger partial charge in [-0.15, -0.1) is 0 Å². The van der Waals surface area contributed by atoms with Crippen LogP contribution in [0.5, 0.6) is 0 Å². The van der Waals surface area contributed by atoms with Crippen LogP contribution in [0, 0.1) is 10.8 Å². The Morgan fingerprint density at radius 2 is 1.80 bits per heavy atom. The summed E-state index contributed by atoms with van der Waals surface area (Å²) in [6, 6.07) is 0. The summed E-state index contributed by atoms with van der Waals surface area (Å²) >= 11 is 0. The van der Waals surface area contributed by atoms with Gasteiger partial charge in [0, 0.05) is 10.8 Å². The fraction of sp³-hybridized carbons (Fsp3) is 0.583. The summed E-state index contributed by atoms with van der Waals surface area (Å²) in [6.45, 7) is 0. The molecule has 0 aromatic carbocycles. The first-order chi connectivity index (χ1) is 7.15. The Kier molecular flexibility index (Phi) is 1.42. The van der Waals surface area contributed by atoms with Crippen molar-refractivity contribution in [1.82, 2.24) is 0 Å². The molecule has 15 heavy (non-hydrogen) atoms. The molecule has 0 saturated heterocycles. The van der Waals surface area contributed by atoms with Gasteiger partial charge in [-0.3, -0.25) is 0 Å². The molecule has 0 aliphatic heterocycles. The maximum Gasteiger partial charge on any atom is 0.345 e. The lowest BCUT2D eigenvalue weighted by atomic mass is 9.92. The van der Waals surface area contributed by atoms with Gasteiger partial charge in [0.25, 0.3) is 0 Å². The fourth-order valence-corrected chi connectivity index (χ4v) is 3.78. The second-order valence-electron chi connectivity index (χ2n) is 4.66. The standard InChI is InChI=1S/C12H13FO2/c1-15-9(14)12(13)10-5-2-3-6-11(10,12)8-4-7-10/h2-3,5-6H,4,7-8H2,1H3. The highest BCUT2D eigenvalue weighted by molar-refractivity contribution is 5.90. The van der Waals surface area contributed by atoms with Crippen LogP contribution in [-0.4, -0.2) is 18.7 Å². The largest absolute Gasteiger partial charge is 0.467 e. The number of esters is 1. The lowest BCUT2D eigenvalue weighted by molar-refractivity contribution is -0.151. The zero-order chi connectivity index (χ0) is 10.7. The van der Waals surface area contributed by atoms with Crippen molar-refractivity contribution in [3.63, 3.8) is 0 Å². The molecule has 0 radical (unpaired) electrons. The Labute approximate surface area is 87.8 Å². The summed E-state index contributed by atoms with van der Waals surface area (Å²) in [5, 5.41) is 0. The Morgan fingerprint density at radius 1 is 1.27 bits per heavy atom. The summed E-state index contributed by atoms with van der Waals surface area (Å²) in [5.41, 5.74) is -3.00. The van der Waals surface area contributed by atoms with Crippen molar-refractivity contribution in [2.24, 2.45) is 10.8 Å². The minimum atomic E-state index is -1.81. The number of hydrogen-bond donors (Lipinski definition) is 0. The summed E-state index contributed by atoms with van der Waals surface area (Å²) in [5.74, 6) is -0.710. The Bertz CT molecular complexity index is 372. The first-order valence-electron chi connectivity index (χ1n) is 5.29. The van der Waals surface area contributed by atoms with Crippen molar-refractivity contribution >= 4 is 5.97 Å². The van der Waals surface area contributed by atoms with Gasteiger partial charge in [-0.25, -0.2) is 9.18 Å². The quantitative estimate of drug-likeness (QED) is 0.617. The molecule has 2 nitrogen and oxygen atoms in total. The number of halogens is 1. The van der Waals surface area contributed by atoms with Crippen LogP contribution in [0.15, 0.2) is 24.3 Å². The summed E-state index contributed by atoms with van der Waals surface area (Å²) in [7, 11) is 1.25. The summed E-state index contributed by atoms with van der Waals surface area (Å²) < 4.78 is 19.4. The number of hydrogen-bond acceptors (Lipinski definition) is 2. The minimum absolute atomic E-state index is 0.595. The fourth-order valence-electron chi connectivity index (χ4n) is 3.78. The zero-order valence-corrected chi connectivity index (χ0v) is 8.63. The molecule has 2 atom stereocenters. The molecule has 0 heterocycles. The Balaban J connectivity index is 2.13. The number of carbonyl (C=O) groups excluding carboxylic acids is 1. The molecule has 0 amide bonds. The van der Waals surface area contributed by atoms with E-state index in [2.05, 4.69) is 4.74 Å². The van der Waals surface area contributed by atoms with E-state index >= 15 is 0 Å². The molecular weight excluding hydrogens is 195 g/mol. The van der Waals surface area contributed by atoms with E-state index in [1.54, 1.807) is 0 Å². The minimum Gasteiger partial charge on any atom is -0.467 e. The smallest absolute Gasteiger partial charge is 0.345 e. The highest BCUT2D eigenvalue weighted by Crippen LogP contribution is 2.84. The molecule has 3 aliphatic carbocycles. The van der Waals surface area contributed by atoms with E-state index < -0.39 is 22.5 Å². The van der Waals surface area contributed by atoms with Crippen LogP contribution >= 0.6 is 0 Å². The van der Waals surface area contributed by atoms with E-state index in [1.165, 1.54) is 7.11 Å². The molecule has 2 saturated carbocycles. The third-order valence-corrected chi connectivity index (χ3v) is 4.44. The van der Waals surface area contributed by atoms with Gasteiger partial charge < -0.3 is 4.74 Å². The molecule has 80 valence electrons. The second kappa shape index (κ2) is 2.34. The van der Waals surface area contributed by atoms with Gasteiger partial charge in [-0.2, -0.15) is 0 Å². The first kappa shape index (κ1) is 9.13. The highest BCUT2D eigenvalue weighted by Gasteiger charge is 2.92. The summed E-state index contributed by atoms with van der Waals surface area (Å²) in [4.78, 5) is 11.6. The van der Waals surface area contributed by atoms with Crippen molar-refractivity contribution in [3.8, 4) is 0 Å². The zero-order valence-electron chi connectivity index (χ0n) is 8.63. The third-order valence-electron chi connectivity index (χ3n) is 4.44. The van der Waals surface area contributed by atoms with Crippen molar-refractivity contribution < 1.29 is 13.9 Å². The molecule has 0 N–H and O–H groups in total. The topological polar surface area (TPSA) is 26.3 Å². The van der Waals surface area contributed by atoms with Crippen LogP contribution in [-0.2, 0) is 9.53 Å². The van der Waals surface area contributed by atoms with E-state index in [0.717, 1.165) is 19.3 Å². The molecule has 0 aromatic heterocycles. The summed E-state index contributed by atoms with van der Waals surface area (Å²) in [6.07, 6.45) is 9.88. The molecule has 0 aromatic rings. The van der Waals surface area contributed by atoms with E-state index in [4.69, 9.17) is 0 Å². The van der Waals surface area contributed by atoms with Gasteiger partial charge in [-0.1, -0.05) is 30.7 Å². The van der Waals surface area contributed by atoms with E-state index in [1.807, 2.05) is 24.3 Å². The normalized spacial score (nSPS) is 49.7. The molecule has 2 fully saturated rings. The molecule has 3 heteroatoms. The molecular formula is C12H13FO2. The number of methoxy groups -OCH3 is 1. The predicted octanol–water partition coefficient (Wildman–Crippen LogP) is 2.16. The van der Waals surface area contributed by atoms with Gasteiger partial charge >= 0.3 is 5.97 Å². The average Bonchev–Trinajstić information content (AvgIpc) is 2.61. The Hall–Kier alpha value is -1.12. The van der Waals surface area contributed by atoms with Crippen LogP contribution in [0.4, 0.5) is 4.39 Å². The number of ether oxygens (including phenoxy) is 1. The van der Waals surface area contributed by atoms with Crippen molar-refractivity contribution in [2.75, 3.05) is 7.11 Å². The maximum absolute atomic E-state index is 14.8. The third kappa shape index (κ3) is 0.638. The molecule has 0 spiro atoms. The lowest BCUT2D eigenvalue weighted by Crippen LogP contribution is -2.29. The number of allylic oxidation sites excluding steroid dienone is 4. The lowest BCUT2D eigenvalue weighted by Gasteiger charge is -2.14. The monoisotopic (exact) mass is 208 g/mol. The van der Waals surface area contributed by atoms with E-state index in [9.17, 15) is 9.18 Å². The van der Waals surface area contributed by atoms with Crippen LogP contribution in [0.2, 0.25) is 0 Å². The number of alkyl halides is 1. The van der Waals surface area contributed by atoms with Crippen LogP contribution in [0.3, 0.4) is 0 Å². The van der Waals surface area contributed by atoms with Crippen LogP contribution in [0.25, 0.3) is 0 Å². The highest BCUT2D eigenvalue weighted by atomic mass is 19.1. The first-order valence-corrected chi connectivity index (χ1v) is 5.29. The van der Waals surface area contributed by atoms with E-state index in [0.29, 0.717) is 0 Å². The van der Waals surface area contributed by atoms with Crippen LogP contribution in [0.1, 0.15) is 19.3 Å². The maximum atomic E-state index is 14.8. The van der Waals surface area contributed by atoms with Gasteiger partial charge in [0.2, 0.25) is 5.67 Å². The average molecular weight is 208 g/mol. The van der Waals surface area contributed by atoms with Gasteiger partial charge in [0.05, 0.1) is 7.11 Å². The number of carbonyl (C=O) groups is 1. The predicted molar refractivity (Wildman–Crippen MR) is 52.9 cm³/mol. The molecule has 3 aliphatic rings. The van der Waals surface area contributed by atoms with Gasteiger partial charge in [0.1, 0.15) is 0 Å². The van der Waals surface area contributed by atoms with Crippen molar-refractivity contribution in [1.29, 1.82) is 0 Å². The van der Waals surface area contributed by atoms with Gasteiger partial charge in [0.15, 0.2) is 0 Å².